The number of ether oxygens (including phenoxy) is 1. The molecule has 2 aliphatic heterocycles. The summed E-state index contributed by atoms with van der Waals surface area (Å²) in [5.74, 6) is 2.05. The highest BCUT2D eigenvalue weighted by Crippen LogP contribution is 2.30. The van der Waals surface area contributed by atoms with E-state index < -0.39 is 0 Å². The van der Waals surface area contributed by atoms with Crippen LogP contribution in [0.2, 0.25) is 5.02 Å². The molecule has 3 heterocycles. The lowest BCUT2D eigenvalue weighted by atomic mass is 9.96. The average molecular weight is 412 g/mol. The van der Waals surface area contributed by atoms with Gasteiger partial charge in [-0.15, -0.1) is 12.4 Å². The Morgan fingerprint density at radius 3 is 2.93 bits per heavy atom. The van der Waals surface area contributed by atoms with Crippen LogP contribution in [0, 0.1) is 5.92 Å². The molecule has 4 rings (SSSR count). The summed E-state index contributed by atoms with van der Waals surface area (Å²) in [7, 11) is 1.81. The number of anilines is 1. The normalized spacial score (nSPS) is 19.6. The minimum absolute atomic E-state index is 0. The fraction of sp³-hybridized carbons (Fsp3) is 0.500. The van der Waals surface area contributed by atoms with Crippen LogP contribution < -0.4 is 15.4 Å². The van der Waals surface area contributed by atoms with Gasteiger partial charge in [-0.05, 0) is 56.1 Å². The predicted octanol–water partition coefficient (Wildman–Crippen LogP) is 2.55. The molecular formula is C18H23Cl2N5O2. The molecule has 27 heavy (non-hydrogen) atoms. The maximum absolute atomic E-state index is 12.7. The molecule has 7 nitrogen and oxygen atoms in total. The first-order chi connectivity index (χ1) is 12.6. The van der Waals surface area contributed by atoms with E-state index in [2.05, 4.69) is 20.7 Å². The van der Waals surface area contributed by atoms with E-state index in [4.69, 9.17) is 16.3 Å². The lowest BCUT2D eigenvalue weighted by molar-refractivity contribution is -0.121. The van der Waals surface area contributed by atoms with Crippen molar-refractivity contribution in [2.45, 2.75) is 25.2 Å². The van der Waals surface area contributed by atoms with Crippen LogP contribution >= 0.6 is 24.0 Å². The number of rotatable bonds is 3. The SMILES string of the molecule is Cl.Cn1nc(C2CCNCC2)nc1NC(=O)C1COc2ccc(Cl)cc2C1. The van der Waals surface area contributed by atoms with Crippen molar-refractivity contribution in [2.75, 3.05) is 25.0 Å². The topological polar surface area (TPSA) is 81.1 Å². The minimum Gasteiger partial charge on any atom is -0.492 e. The monoisotopic (exact) mass is 411 g/mol. The number of piperidine rings is 1. The molecule has 2 aromatic rings. The number of carbonyl (C=O) groups is 1. The number of nitrogens with one attached hydrogen (secondary N) is 2. The Hall–Kier alpha value is -1.83. The molecular weight excluding hydrogens is 389 g/mol. The molecule has 2 aliphatic rings. The van der Waals surface area contributed by atoms with E-state index in [1.807, 2.05) is 12.1 Å². The summed E-state index contributed by atoms with van der Waals surface area (Å²) in [5.41, 5.74) is 0.956. The van der Waals surface area contributed by atoms with Crippen molar-refractivity contribution in [2.24, 2.45) is 13.0 Å². The van der Waals surface area contributed by atoms with Gasteiger partial charge in [0.15, 0.2) is 5.82 Å². The first-order valence-electron chi connectivity index (χ1n) is 8.94. The fourth-order valence-electron chi connectivity index (χ4n) is 3.51. The third-order valence-electron chi connectivity index (χ3n) is 5.02. The van der Waals surface area contributed by atoms with Gasteiger partial charge in [0.05, 0.1) is 5.92 Å². The summed E-state index contributed by atoms with van der Waals surface area (Å²) < 4.78 is 7.35. The Kier molecular flexibility index (Phi) is 6.24. The van der Waals surface area contributed by atoms with Crippen LogP contribution in [0.15, 0.2) is 18.2 Å². The van der Waals surface area contributed by atoms with Crippen molar-refractivity contribution < 1.29 is 9.53 Å². The summed E-state index contributed by atoms with van der Waals surface area (Å²) in [6.45, 7) is 2.30. The van der Waals surface area contributed by atoms with Gasteiger partial charge in [0, 0.05) is 18.0 Å². The van der Waals surface area contributed by atoms with Gasteiger partial charge in [-0.2, -0.15) is 10.1 Å². The van der Waals surface area contributed by atoms with E-state index in [1.165, 1.54) is 0 Å². The number of aromatic nitrogens is 3. The molecule has 0 radical (unpaired) electrons. The standard InChI is InChI=1S/C18H22ClN5O2.ClH/c1-24-18(21-16(23-24)11-4-6-20-7-5-11)22-17(25)13-8-12-9-14(19)2-3-15(12)26-10-13;/h2-3,9,11,13,20H,4-8,10H2,1H3,(H,21,22,23,25);1H. The number of benzene rings is 1. The molecule has 1 saturated heterocycles. The van der Waals surface area contributed by atoms with Crippen molar-refractivity contribution in [3.8, 4) is 5.75 Å². The van der Waals surface area contributed by atoms with Gasteiger partial charge in [-0.3, -0.25) is 10.1 Å². The van der Waals surface area contributed by atoms with Crippen LogP contribution in [0.4, 0.5) is 5.95 Å². The van der Waals surface area contributed by atoms with Crippen LogP contribution in [0.5, 0.6) is 5.75 Å². The van der Waals surface area contributed by atoms with E-state index in [0.717, 1.165) is 43.1 Å². The molecule has 146 valence electrons. The van der Waals surface area contributed by atoms with Crippen LogP contribution in [0.1, 0.15) is 30.1 Å². The van der Waals surface area contributed by atoms with Crippen molar-refractivity contribution >= 4 is 35.9 Å². The van der Waals surface area contributed by atoms with Crippen LogP contribution in [0.25, 0.3) is 0 Å². The summed E-state index contributed by atoms with van der Waals surface area (Å²) in [5, 5.41) is 11.4. The lowest BCUT2D eigenvalue weighted by Crippen LogP contribution is -2.33. The fourth-order valence-corrected chi connectivity index (χ4v) is 3.70. The summed E-state index contributed by atoms with van der Waals surface area (Å²) >= 11 is 6.05. The van der Waals surface area contributed by atoms with Crippen molar-refractivity contribution in [1.29, 1.82) is 0 Å². The lowest BCUT2D eigenvalue weighted by Gasteiger charge is -2.24. The van der Waals surface area contributed by atoms with E-state index in [1.54, 1.807) is 17.8 Å². The zero-order chi connectivity index (χ0) is 18.1. The highest BCUT2D eigenvalue weighted by Gasteiger charge is 2.28. The van der Waals surface area contributed by atoms with Crippen molar-refractivity contribution in [1.82, 2.24) is 20.1 Å². The number of carbonyl (C=O) groups excluding carboxylic acids is 1. The van der Waals surface area contributed by atoms with Gasteiger partial charge in [0.1, 0.15) is 12.4 Å². The molecule has 1 atom stereocenters. The Balaban J connectivity index is 0.00000210. The average Bonchev–Trinajstić information content (AvgIpc) is 3.02. The maximum atomic E-state index is 12.7. The smallest absolute Gasteiger partial charge is 0.233 e. The second kappa shape index (κ2) is 8.46. The number of nitrogens with zero attached hydrogens (tertiary/aromatic N) is 3. The minimum atomic E-state index is -0.278. The van der Waals surface area contributed by atoms with Gasteiger partial charge in [0.2, 0.25) is 11.9 Å². The third-order valence-corrected chi connectivity index (χ3v) is 5.25. The molecule has 9 heteroatoms. The summed E-state index contributed by atoms with van der Waals surface area (Å²) in [6, 6.07) is 5.50. The van der Waals surface area contributed by atoms with Crippen LogP contribution in [-0.2, 0) is 18.3 Å². The third kappa shape index (κ3) is 4.36. The van der Waals surface area contributed by atoms with E-state index >= 15 is 0 Å². The predicted molar refractivity (Wildman–Crippen MR) is 106 cm³/mol. The highest BCUT2D eigenvalue weighted by atomic mass is 35.5. The molecule has 0 aliphatic carbocycles. The Morgan fingerprint density at radius 2 is 2.15 bits per heavy atom. The number of aryl methyl sites for hydroxylation is 1. The van der Waals surface area contributed by atoms with Gasteiger partial charge in [-0.25, -0.2) is 4.68 Å². The Morgan fingerprint density at radius 1 is 1.37 bits per heavy atom. The highest BCUT2D eigenvalue weighted by molar-refractivity contribution is 6.30. The maximum Gasteiger partial charge on any atom is 0.233 e. The number of hydrogen-bond donors (Lipinski definition) is 2. The van der Waals surface area contributed by atoms with Crippen molar-refractivity contribution in [3.63, 3.8) is 0 Å². The molecule has 0 saturated carbocycles. The number of halogens is 2. The van der Waals surface area contributed by atoms with E-state index in [0.29, 0.717) is 29.9 Å². The van der Waals surface area contributed by atoms with Crippen LogP contribution in [-0.4, -0.2) is 40.4 Å². The van der Waals surface area contributed by atoms with Gasteiger partial charge in [-0.1, -0.05) is 11.6 Å². The van der Waals surface area contributed by atoms with Gasteiger partial charge in [0.25, 0.3) is 0 Å². The molecule has 1 aromatic heterocycles. The molecule has 0 bridgehead atoms. The summed E-state index contributed by atoms with van der Waals surface area (Å²) in [6.07, 6.45) is 2.64. The van der Waals surface area contributed by atoms with Crippen LogP contribution in [0.3, 0.4) is 0 Å². The first kappa shape index (κ1) is 19.9. The van der Waals surface area contributed by atoms with Gasteiger partial charge < -0.3 is 10.1 Å². The second-order valence-corrected chi connectivity index (χ2v) is 7.33. The first-order valence-corrected chi connectivity index (χ1v) is 9.31. The second-order valence-electron chi connectivity index (χ2n) is 6.89. The van der Waals surface area contributed by atoms with E-state index in [-0.39, 0.29) is 24.2 Å². The van der Waals surface area contributed by atoms with E-state index in [9.17, 15) is 4.79 Å². The molecule has 1 unspecified atom stereocenters. The molecule has 1 fully saturated rings. The number of hydrogen-bond acceptors (Lipinski definition) is 5. The van der Waals surface area contributed by atoms with Crippen molar-refractivity contribution in [3.05, 3.63) is 34.6 Å². The number of amides is 1. The molecule has 1 aromatic carbocycles. The van der Waals surface area contributed by atoms with Gasteiger partial charge >= 0.3 is 0 Å². The zero-order valence-corrected chi connectivity index (χ0v) is 16.6. The zero-order valence-electron chi connectivity index (χ0n) is 15.1. The molecule has 2 N–H and O–H groups in total. The largest absolute Gasteiger partial charge is 0.492 e. The quantitative estimate of drug-likeness (QED) is 0.810. The summed E-state index contributed by atoms with van der Waals surface area (Å²) in [4.78, 5) is 17.2. The Labute approximate surface area is 169 Å². The molecule has 0 spiro atoms. The Bertz CT molecular complexity index is 820. The number of fused-ring (bicyclic) bond motifs is 1. The molecule has 1 amide bonds.